The van der Waals surface area contributed by atoms with Gasteiger partial charge in [0, 0.05) is 10.7 Å². The molecular formula is C17H12ClFN2O2S. The van der Waals surface area contributed by atoms with E-state index in [2.05, 4.69) is 5.32 Å². The van der Waals surface area contributed by atoms with Crippen molar-refractivity contribution in [2.45, 2.75) is 0 Å². The van der Waals surface area contributed by atoms with Crippen molar-refractivity contribution in [3.63, 3.8) is 0 Å². The molecule has 0 radical (unpaired) electrons. The highest BCUT2D eigenvalue weighted by Gasteiger charge is 2.34. The zero-order valence-corrected chi connectivity index (χ0v) is 13.9. The van der Waals surface area contributed by atoms with Crippen LogP contribution in [-0.2, 0) is 4.79 Å². The van der Waals surface area contributed by atoms with Crippen LogP contribution in [0.3, 0.4) is 0 Å². The van der Waals surface area contributed by atoms with Crippen LogP contribution in [0.4, 0.5) is 14.9 Å². The van der Waals surface area contributed by atoms with Crippen LogP contribution in [0.15, 0.2) is 53.4 Å². The second-order valence-electron chi connectivity index (χ2n) is 5.01. The minimum absolute atomic E-state index is 0.0474. The highest BCUT2D eigenvalue weighted by Crippen LogP contribution is 2.32. The summed E-state index contributed by atoms with van der Waals surface area (Å²) in [6.07, 6.45) is 1.57. The number of nitrogens with one attached hydrogen (secondary N) is 1. The van der Waals surface area contributed by atoms with Crippen LogP contribution in [0.25, 0.3) is 6.08 Å². The fourth-order valence-corrected chi connectivity index (χ4v) is 3.14. The number of nitrogens with zero attached hydrogens (tertiary/aromatic N) is 1. The molecule has 2 aromatic carbocycles. The van der Waals surface area contributed by atoms with E-state index in [1.165, 1.54) is 12.1 Å². The van der Waals surface area contributed by atoms with Crippen molar-refractivity contribution in [1.82, 2.24) is 4.90 Å². The monoisotopic (exact) mass is 362 g/mol. The average Bonchev–Trinajstić information content (AvgIpc) is 2.82. The average molecular weight is 363 g/mol. The summed E-state index contributed by atoms with van der Waals surface area (Å²) in [4.78, 5) is 25.8. The Kier molecular flexibility index (Phi) is 4.87. The molecule has 2 amide bonds. The summed E-state index contributed by atoms with van der Waals surface area (Å²) >= 11 is 6.75. The van der Waals surface area contributed by atoms with Gasteiger partial charge in [-0.3, -0.25) is 14.5 Å². The molecule has 3 rings (SSSR count). The number of anilines is 1. The van der Waals surface area contributed by atoms with E-state index in [1.807, 2.05) is 0 Å². The number of halogens is 2. The Morgan fingerprint density at radius 1 is 1.17 bits per heavy atom. The fraction of sp³-hybridized carbons (Fsp3) is 0.0588. The number of thioether (sulfide) groups is 1. The van der Waals surface area contributed by atoms with Crippen LogP contribution < -0.4 is 5.32 Å². The Balaban J connectivity index is 1.71. The maximum Gasteiger partial charge on any atom is 0.295 e. The lowest BCUT2D eigenvalue weighted by Gasteiger charge is -2.14. The lowest BCUT2D eigenvalue weighted by molar-refractivity contribution is -0.122. The maximum atomic E-state index is 12.9. The van der Waals surface area contributed by atoms with Gasteiger partial charge in [0.1, 0.15) is 5.82 Å². The van der Waals surface area contributed by atoms with Gasteiger partial charge in [-0.2, -0.15) is 0 Å². The molecule has 1 aliphatic heterocycles. The molecule has 1 saturated heterocycles. The normalized spacial score (nSPS) is 16.1. The quantitative estimate of drug-likeness (QED) is 0.808. The zero-order chi connectivity index (χ0) is 17.1. The van der Waals surface area contributed by atoms with Crippen molar-refractivity contribution >= 4 is 46.3 Å². The first-order valence-electron chi connectivity index (χ1n) is 7.03. The van der Waals surface area contributed by atoms with Crippen molar-refractivity contribution in [3.8, 4) is 0 Å². The van der Waals surface area contributed by atoms with Crippen molar-refractivity contribution in [1.29, 1.82) is 0 Å². The summed E-state index contributed by atoms with van der Waals surface area (Å²) in [5.41, 5.74) is 1.37. The van der Waals surface area contributed by atoms with Crippen LogP contribution in [0.2, 0.25) is 5.02 Å². The third-order valence-corrected chi connectivity index (χ3v) is 4.45. The molecule has 4 nitrogen and oxygen atoms in total. The number of carbonyl (C=O) groups excluding carboxylic acids is 2. The Hall–Kier alpha value is -2.31. The first-order valence-corrected chi connectivity index (χ1v) is 8.23. The van der Waals surface area contributed by atoms with Gasteiger partial charge in [-0.25, -0.2) is 4.39 Å². The number of hydrogen-bond acceptors (Lipinski definition) is 4. The highest BCUT2D eigenvalue weighted by atomic mass is 35.5. The zero-order valence-electron chi connectivity index (χ0n) is 12.3. The van der Waals surface area contributed by atoms with Crippen LogP contribution in [0.1, 0.15) is 5.56 Å². The van der Waals surface area contributed by atoms with E-state index in [4.69, 9.17) is 11.6 Å². The van der Waals surface area contributed by atoms with Crippen molar-refractivity contribution in [2.24, 2.45) is 0 Å². The summed E-state index contributed by atoms with van der Waals surface area (Å²) in [5, 5.41) is 3.19. The fourth-order valence-electron chi connectivity index (χ4n) is 2.12. The maximum absolute atomic E-state index is 12.9. The van der Waals surface area contributed by atoms with E-state index in [-0.39, 0.29) is 23.6 Å². The predicted octanol–water partition coefficient (Wildman–Crippen LogP) is 4.59. The number of amides is 2. The molecule has 0 aromatic heterocycles. The number of carbonyl (C=O) groups is 2. The number of hydrogen-bond donors (Lipinski definition) is 1. The summed E-state index contributed by atoms with van der Waals surface area (Å²) in [7, 11) is 0. The molecule has 24 heavy (non-hydrogen) atoms. The summed E-state index contributed by atoms with van der Waals surface area (Å²) in [6.45, 7) is 0.0474. The Labute approximate surface area is 147 Å². The van der Waals surface area contributed by atoms with Gasteiger partial charge < -0.3 is 5.32 Å². The molecule has 0 aliphatic carbocycles. The van der Waals surface area contributed by atoms with Crippen molar-refractivity contribution in [2.75, 3.05) is 12.0 Å². The molecule has 1 N–H and O–H groups in total. The molecule has 1 heterocycles. The van der Waals surface area contributed by atoms with Gasteiger partial charge in [0.25, 0.3) is 11.1 Å². The Bertz CT molecular complexity index is 824. The Morgan fingerprint density at radius 2 is 1.92 bits per heavy atom. The van der Waals surface area contributed by atoms with Gasteiger partial charge in [0.2, 0.25) is 0 Å². The first kappa shape index (κ1) is 16.5. The molecule has 0 saturated carbocycles. The molecule has 0 bridgehead atoms. The number of benzene rings is 2. The van der Waals surface area contributed by atoms with Crippen LogP contribution in [0.5, 0.6) is 0 Å². The minimum atomic E-state index is -0.385. The third kappa shape index (κ3) is 3.77. The minimum Gasteiger partial charge on any atom is -0.367 e. The lowest BCUT2D eigenvalue weighted by atomic mass is 10.2. The Morgan fingerprint density at radius 3 is 2.62 bits per heavy atom. The summed E-state index contributed by atoms with van der Waals surface area (Å²) < 4.78 is 12.9. The smallest absolute Gasteiger partial charge is 0.295 e. The number of imide groups is 1. The summed E-state index contributed by atoms with van der Waals surface area (Å²) in [6, 6.07) is 12.7. The molecule has 0 spiro atoms. The molecule has 0 unspecified atom stereocenters. The largest absolute Gasteiger partial charge is 0.367 e. The molecule has 1 fully saturated rings. The van der Waals surface area contributed by atoms with Gasteiger partial charge in [-0.15, -0.1) is 0 Å². The predicted molar refractivity (Wildman–Crippen MR) is 94.2 cm³/mol. The van der Waals surface area contributed by atoms with Gasteiger partial charge in [0.15, 0.2) is 0 Å². The molecule has 122 valence electrons. The molecule has 1 aliphatic rings. The van der Waals surface area contributed by atoms with E-state index in [0.29, 0.717) is 21.2 Å². The van der Waals surface area contributed by atoms with E-state index in [0.717, 1.165) is 16.7 Å². The van der Waals surface area contributed by atoms with Gasteiger partial charge >= 0.3 is 0 Å². The molecule has 2 aromatic rings. The van der Waals surface area contributed by atoms with Gasteiger partial charge in [-0.1, -0.05) is 29.8 Å². The standard InChI is InChI=1S/C17H12ClFN2O2S/c18-12-2-1-3-14(9-12)20-10-21-16(22)15(24-17(21)23)8-11-4-6-13(19)7-5-11/h1-9,20H,10H2/b15-8-. The molecule has 7 heteroatoms. The van der Waals surface area contributed by atoms with E-state index < -0.39 is 0 Å². The van der Waals surface area contributed by atoms with Crippen molar-refractivity contribution < 1.29 is 14.0 Å². The second kappa shape index (κ2) is 7.07. The van der Waals surface area contributed by atoms with Gasteiger partial charge in [0.05, 0.1) is 11.6 Å². The van der Waals surface area contributed by atoms with Crippen LogP contribution >= 0.6 is 23.4 Å². The van der Waals surface area contributed by atoms with Crippen LogP contribution in [0, 0.1) is 5.82 Å². The number of rotatable bonds is 4. The van der Waals surface area contributed by atoms with E-state index in [9.17, 15) is 14.0 Å². The topological polar surface area (TPSA) is 49.4 Å². The lowest BCUT2D eigenvalue weighted by Crippen LogP contribution is -2.33. The molecule has 0 atom stereocenters. The first-order chi connectivity index (χ1) is 11.5. The van der Waals surface area contributed by atoms with Gasteiger partial charge in [-0.05, 0) is 53.7 Å². The SMILES string of the molecule is O=C1S/C(=C\c2ccc(F)cc2)C(=O)N1CNc1cccc(Cl)c1. The second-order valence-corrected chi connectivity index (χ2v) is 6.44. The third-order valence-electron chi connectivity index (χ3n) is 3.31. The summed E-state index contributed by atoms with van der Waals surface area (Å²) in [5.74, 6) is -0.741. The van der Waals surface area contributed by atoms with Crippen LogP contribution in [-0.4, -0.2) is 22.7 Å². The van der Waals surface area contributed by atoms with E-state index in [1.54, 1.807) is 42.5 Å². The highest BCUT2D eigenvalue weighted by molar-refractivity contribution is 8.18. The van der Waals surface area contributed by atoms with Crippen molar-refractivity contribution in [3.05, 3.63) is 69.8 Å². The van der Waals surface area contributed by atoms with E-state index >= 15 is 0 Å². The molecular weight excluding hydrogens is 351 g/mol.